The maximum atomic E-state index is 12.7. The first-order valence-corrected chi connectivity index (χ1v) is 6.23. The molecule has 98 valence electrons. The first-order valence-electron chi connectivity index (χ1n) is 6.23. The second kappa shape index (κ2) is 6.07. The van der Waals surface area contributed by atoms with Gasteiger partial charge in [0, 0.05) is 19.5 Å². The number of Topliss-reactive ketones (excluding diaryl/α,β-unsaturated/α-hetero) is 1. The number of rotatable bonds is 4. The summed E-state index contributed by atoms with van der Waals surface area (Å²) in [5.41, 5.74) is 0.864. The Kier molecular flexibility index (Phi) is 4.44. The summed E-state index contributed by atoms with van der Waals surface area (Å²) in [6.07, 6.45) is 0.559. The van der Waals surface area contributed by atoms with Crippen LogP contribution >= 0.6 is 0 Å². The molecule has 0 radical (unpaired) electrons. The number of carbonyl (C=O) groups excluding carboxylic acids is 1. The maximum Gasteiger partial charge on any atom is 0.151 e. The Morgan fingerprint density at radius 2 is 2.17 bits per heavy atom. The Morgan fingerprint density at radius 1 is 1.44 bits per heavy atom. The highest BCUT2D eigenvalue weighted by molar-refractivity contribution is 5.82. The molecule has 0 spiro atoms. The minimum atomic E-state index is -0.270. The van der Waals surface area contributed by atoms with Crippen LogP contribution in [0.2, 0.25) is 0 Å². The van der Waals surface area contributed by atoms with Crippen LogP contribution in [0.15, 0.2) is 24.3 Å². The number of hydrogen-bond donors (Lipinski definition) is 0. The van der Waals surface area contributed by atoms with Crippen molar-refractivity contribution in [2.45, 2.75) is 19.4 Å². The number of carbonyl (C=O) groups is 1. The van der Waals surface area contributed by atoms with Crippen LogP contribution in [0.5, 0.6) is 0 Å². The number of nitrogens with zero attached hydrogens (tertiary/aromatic N) is 1. The Hall–Kier alpha value is -1.26. The summed E-state index contributed by atoms with van der Waals surface area (Å²) >= 11 is 0. The summed E-state index contributed by atoms with van der Waals surface area (Å²) in [5.74, 6) is -0.107. The Labute approximate surface area is 107 Å². The predicted octanol–water partition coefficient (Wildman–Crippen LogP) is 1.66. The number of hydrogen-bond acceptors (Lipinski definition) is 3. The summed E-state index contributed by atoms with van der Waals surface area (Å²) in [6, 6.07) is 6.10. The van der Waals surface area contributed by atoms with Gasteiger partial charge in [-0.05, 0) is 24.6 Å². The molecule has 1 atom stereocenters. The molecule has 1 unspecified atom stereocenters. The van der Waals surface area contributed by atoms with Crippen molar-refractivity contribution < 1.29 is 13.9 Å². The molecule has 1 aliphatic rings. The SMILES string of the molecule is CC1CN(CC(=O)Cc2ccc(F)cc2)CCO1. The van der Waals surface area contributed by atoms with Crippen molar-refractivity contribution in [3.63, 3.8) is 0 Å². The number of ketones is 1. The second-order valence-electron chi connectivity index (χ2n) is 4.76. The fourth-order valence-corrected chi connectivity index (χ4v) is 2.17. The molecule has 2 rings (SSSR count). The van der Waals surface area contributed by atoms with Gasteiger partial charge in [0.1, 0.15) is 5.82 Å². The summed E-state index contributed by atoms with van der Waals surface area (Å²) < 4.78 is 18.2. The third-order valence-electron chi connectivity index (χ3n) is 3.04. The van der Waals surface area contributed by atoms with Crippen LogP contribution in [0.1, 0.15) is 12.5 Å². The highest BCUT2D eigenvalue weighted by Crippen LogP contribution is 2.07. The lowest BCUT2D eigenvalue weighted by atomic mass is 10.1. The van der Waals surface area contributed by atoms with Gasteiger partial charge in [0.15, 0.2) is 5.78 Å². The first-order chi connectivity index (χ1) is 8.63. The van der Waals surface area contributed by atoms with E-state index in [1.807, 2.05) is 6.92 Å². The van der Waals surface area contributed by atoms with Crippen molar-refractivity contribution in [3.8, 4) is 0 Å². The quantitative estimate of drug-likeness (QED) is 0.815. The Balaban J connectivity index is 1.83. The molecule has 0 amide bonds. The molecular weight excluding hydrogens is 233 g/mol. The van der Waals surface area contributed by atoms with E-state index in [-0.39, 0.29) is 17.7 Å². The van der Waals surface area contributed by atoms with Gasteiger partial charge in [-0.25, -0.2) is 4.39 Å². The maximum absolute atomic E-state index is 12.7. The van der Waals surface area contributed by atoms with Gasteiger partial charge in [0.25, 0.3) is 0 Å². The van der Waals surface area contributed by atoms with Gasteiger partial charge in [-0.1, -0.05) is 12.1 Å². The minimum Gasteiger partial charge on any atom is -0.376 e. The van der Waals surface area contributed by atoms with Gasteiger partial charge in [-0.3, -0.25) is 9.69 Å². The lowest BCUT2D eigenvalue weighted by Gasteiger charge is -2.30. The predicted molar refractivity (Wildman–Crippen MR) is 67.0 cm³/mol. The third-order valence-corrected chi connectivity index (χ3v) is 3.04. The van der Waals surface area contributed by atoms with E-state index in [4.69, 9.17) is 4.74 Å². The minimum absolute atomic E-state index is 0.163. The van der Waals surface area contributed by atoms with Gasteiger partial charge < -0.3 is 4.74 Å². The van der Waals surface area contributed by atoms with Crippen LogP contribution in [0.25, 0.3) is 0 Å². The van der Waals surface area contributed by atoms with E-state index in [1.165, 1.54) is 12.1 Å². The molecule has 1 fully saturated rings. The standard InChI is InChI=1S/C14H18FNO2/c1-11-9-16(6-7-18-11)10-14(17)8-12-2-4-13(15)5-3-12/h2-5,11H,6-10H2,1H3. The molecule has 0 saturated carbocycles. The van der Waals surface area contributed by atoms with E-state index >= 15 is 0 Å². The molecule has 0 aliphatic carbocycles. The van der Waals surface area contributed by atoms with Crippen molar-refractivity contribution in [3.05, 3.63) is 35.6 Å². The van der Waals surface area contributed by atoms with Gasteiger partial charge in [-0.15, -0.1) is 0 Å². The molecule has 18 heavy (non-hydrogen) atoms. The third kappa shape index (κ3) is 3.89. The molecule has 4 heteroatoms. The lowest BCUT2D eigenvalue weighted by molar-refractivity contribution is -0.121. The highest BCUT2D eigenvalue weighted by Gasteiger charge is 2.18. The second-order valence-corrected chi connectivity index (χ2v) is 4.76. The fraction of sp³-hybridized carbons (Fsp3) is 0.500. The lowest BCUT2D eigenvalue weighted by Crippen LogP contribution is -2.43. The van der Waals surface area contributed by atoms with Crippen LogP contribution in [0.3, 0.4) is 0 Å². The molecule has 3 nitrogen and oxygen atoms in total. The largest absolute Gasteiger partial charge is 0.376 e. The number of morpholine rings is 1. The van der Waals surface area contributed by atoms with Crippen LogP contribution in [0.4, 0.5) is 4.39 Å². The molecular formula is C14H18FNO2. The average molecular weight is 251 g/mol. The van der Waals surface area contributed by atoms with Crippen molar-refractivity contribution in [2.75, 3.05) is 26.2 Å². The monoisotopic (exact) mass is 251 g/mol. The normalized spacial score (nSPS) is 20.9. The van der Waals surface area contributed by atoms with E-state index in [1.54, 1.807) is 12.1 Å². The zero-order valence-electron chi connectivity index (χ0n) is 10.6. The van der Waals surface area contributed by atoms with E-state index in [9.17, 15) is 9.18 Å². The summed E-state index contributed by atoms with van der Waals surface area (Å²) in [6.45, 7) is 4.75. The van der Waals surface area contributed by atoms with Crippen molar-refractivity contribution >= 4 is 5.78 Å². The molecule has 1 aliphatic heterocycles. The zero-order chi connectivity index (χ0) is 13.0. The Morgan fingerprint density at radius 3 is 2.83 bits per heavy atom. The highest BCUT2D eigenvalue weighted by atomic mass is 19.1. The average Bonchev–Trinajstić information content (AvgIpc) is 2.32. The number of ether oxygens (including phenoxy) is 1. The van der Waals surface area contributed by atoms with Gasteiger partial charge in [-0.2, -0.15) is 0 Å². The molecule has 0 aromatic heterocycles. The van der Waals surface area contributed by atoms with E-state index in [0.29, 0.717) is 19.6 Å². The first kappa shape index (κ1) is 13.2. The number of benzene rings is 1. The van der Waals surface area contributed by atoms with Crippen LogP contribution in [-0.4, -0.2) is 43.0 Å². The Bertz CT molecular complexity index is 405. The topological polar surface area (TPSA) is 29.5 Å². The van der Waals surface area contributed by atoms with Crippen LogP contribution < -0.4 is 0 Å². The van der Waals surface area contributed by atoms with Crippen LogP contribution in [0, 0.1) is 5.82 Å². The molecule has 1 aromatic carbocycles. The molecule has 1 aromatic rings. The fourth-order valence-electron chi connectivity index (χ4n) is 2.17. The van der Waals surface area contributed by atoms with Gasteiger partial charge in [0.2, 0.25) is 0 Å². The summed E-state index contributed by atoms with van der Waals surface area (Å²) in [5, 5.41) is 0. The molecule has 0 N–H and O–H groups in total. The van der Waals surface area contributed by atoms with E-state index in [0.717, 1.165) is 18.7 Å². The molecule has 0 bridgehead atoms. The molecule has 1 heterocycles. The van der Waals surface area contributed by atoms with Crippen molar-refractivity contribution in [2.24, 2.45) is 0 Å². The van der Waals surface area contributed by atoms with E-state index in [2.05, 4.69) is 4.90 Å². The van der Waals surface area contributed by atoms with Crippen molar-refractivity contribution in [1.82, 2.24) is 4.90 Å². The summed E-state index contributed by atoms with van der Waals surface area (Å²) in [7, 11) is 0. The van der Waals surface area contributed by atoms with E-state index < -0.39 is 0 Å². The summed E-state index contributed by atoms with van der Waals surface area (Å²) in [4.78, 5) is 14.0. The number of halogens is 1. The van der Waals surface area contributed by atoms with Gasteiger partial charge in [0.05, 0.1) is 19.3 Å². The van der Waals surface area contributed by atoms with Crippen molar-refractivity contribution in [1.29, 1.82) is 0 Å². The van der Waals surface area contributed by atoms with Gasteiger partial charge >= 0.3 is 0 Å². The van der Waals surface area contributed by atoms with Crippen LogP contribution in [-0.2, 0) is 16.0 Å². The zero-order valence-corrected chi connectivity index (χ0v) is 10.6. The smallest absolute Gasteiger partial charge is 0.151 e. The molecule has 1 saturated heterocycles.